The highest BCUT2D eigenvalue weighted by molar-refractivity contribution is 7.93. The molecule has 1 fully saturated rings. The number of nitrogens with one attached hydrogen (secondary N) is 1. The zero-order valence-electron chi connectivity index (χ0n) is 15.4. The number of ether oxygens (including phenoxy) is 1. The second-order valence-corrected chi connectivity index (χ2v) is 9.26. The van der Waals surface area contributed by atoms with Gasteiger partial charge in [-0.1, -0.05) is 29.8 Å². The Morgan fingerprint density at radius 3 is 2.69 bits per heavy atom. The molecule has 0 saturated heterocycles. The van der Waals surface area contributed by atoms with Crippen molar-refractivity contribution in [2.24, 2.45) is 0 Å². The minimum absolute atomic E-state index is 0.0115. The number of rotatable bonds is 6. The summed E-state index contributed by atoms with van der Waals surface area (Å²) in [5.74, 6) is -1.16. The fourth-order valence-corrected chi connectivity index (χ4v) is 5.22. The highest BCUT2D eigenvalue weighted by Crippen LogP contribution is 2.35. The van der Waals surface area contributed by atoms with Gasteiger partial charge in [0.15, 0.2) is 6.61 Å². The third-order valence-corrected chi connectivity index (χ3v) is 7.15. The van der Waals surface area contributed by atoms with Crippen molar-refractivity contribution in [2.45, 2.75) is 30.2 Å². The van der Waals surface area contributed by atoms with Crippen LogP contribution in [-0.4, -0.2) is 39.5 Å². The zero-order chi connectivity index (χ0) is 20.6. The number of carbonyl (C=O) groups excluding carboxylic acids is 2. The molecule has 2 aliphatic rings. The van der Waals surface area contributed by atoms with Gasteiger partial charge in [0, 0.05) is 12.6 Å². The van der Waals surface area contributed by atoms with Gasteiger partial charge < -0.3 is 10.1 Å². The van der Waals surface area contributed by atoms with E-state index in [1.807, 2.05) is 12.1 Å². The first-order chi connectivity index (χ1) is 13.9. The van der Waals surface area contributed by atoms with Gasteiger partial charge in [0.1, 0.15) is 4.90 Å². The number of hydrogen-bond acceptors (Lipinski definition) is 5. The Kier molecular flexibility index (Phi) is 5.23. The maximum atomic E-state index is 13.2. The van der Waals surface area contributed by atoms with Crippen LogP contribution in [0.15, 0.2) is 47.4 Å². The number of halogens is 1. The molecule has 2 aromatic rings. The number of esters is 1. The highest BCUT2D eigenvalue weighted by Gasteiger charge is 2.33. The standard InChI is InChI=1S/C20H19ClN2O5S/c21-16-8-5-14(20(25)28-12-19(24)22-15-6-7-15)11-18(16)29(26,27)23-10-9-13-3-1-2-4-17(13)23/h1-5,8,11,15H,6-7,9-10,12H2,(H,22,24). The Hall–Kier alpha value is -2.58. The summed E-state index contributed by atoms with van der Waals surface area (Å²) in [5.41, 5.74) is 1.55. The van der Waals surface area contributed by atoms with Crippen LogP contribution in [0.4, 0.5) is 5.69 Å². The first-order valence-corrected chi connectivity index (χ1v) is 11.0. The van der Waals surface area contributed by atoms with E-state index in [1.54, 1.807) is 12.1 Å². The van der Waals surface area contributed by atoms with E-state index in [-0.39, 0.29) is 27.4 Å². The predicted octanol–water partition coefficient (Wildman–Crippen LogP) is 2.53. The van der Waals surface area contributed by atoms with E-state index in [9.17, 15) is 18.0 Å². The summed E-state index contributed by atoms with van der Waals surface area (Å²) >= 11 is 6.16. The SMILES string of the molecule is O=C(COC(=O)c1ccc(Cl)c(S(=O)(=O)N2CCc3ccccc32)c1)NC1CC1. The number of sulfonamides is 1. The van der Waals surface area contributed by atoms with E-state index in [4.69, 9.17) is 16.3 Å². The Morgan fingerprint density at radius 2 is 1.93 bits per heavy atom. The molecule has 2 aromatic carbocycles. The van der Waals surface area contributed by atoms with Crippen LogP contribution in [0, 0.1) is 0 Å². The fourth-order valence-electron chi connectivity index (χ4n) is 3.22. The average Bonchev–Trinajstić information content (AvgIpc) is 3.40. The molecule has 1 aliphatic heterocycles. The summed E-state index contributed by atoms with van der Waals surface area (Å²) in [7, 11) is -3.96. The van der Waals surface area contributed by atoms with Crippen molar-refractivity contribution < 1.29 is 22.7 Å². The number of hydrogen-bond donors (Lipinski definition) is 1. The van der Waals surface area contributed by atoms with Gasteiger partial charge in [-0.15, -0.1) is 0 Å². The van der Waals surface area contributed by atoms with E-state index in [0.29, 0.717) is 18.7 Å². The van der Waals surface area contributed by atoms with Crippen LogP contribution in [0.2, 0.25) is 5.02 Å². The molecule has 9 heteroatoms. The van der Waals surface area contributed by atoms with E-state index >= 15 is 0 Å². The summed E-state index contributed by atoms with van der Waals surface area (Å²) in [6.07, 6.45) is 2.46. The quantitative estimate of drug-likeness (QED) is 0.705. The molecule has 29 heavy (non-hydrogen) atoms. The molecular weight excluding hydrogens is 416 g/mol. The van der Waals surface area contributed by atoms with Crippen LogP contribution < -0.4 is 9.62 Å². The van der Waals surface area contributed by atoms with Gasteiger partial charge in [-0.3, -0.25) is 9.10 Å². The molecule has 0 atom stereocenters. The third-order valence-electron chi connectivity index (χ3n) is 4.86. The average molecular weight is 435 g/mol. The molecule has 4 rings (SSSR count). The third kappa shape index (κ3) is 4.09. The second-order valence-electron chi connectivity index (χ2n) is 7.02. The van der Waals surface area contributed by atoms with Gasteiger partial charge in [0.25, 0.3) is 15.9 Å². The Labute approximate surface area is 173 Å². The molecule has 1 saturated carbocycles. The first kappa shape index (κ1) is 19.7. The van der Waals surface area contributed by atoms with Crippen LogP contribution in [0.5, 0.6) is 0 Å². The van der Waals surface area contributed by atoms with Crippen molar-refractivity contribution in [3.05, 3.63) is 58.6 Å². The molecule has 1 N–H and O–H groups in total. The Bertz CT molecular complexity index is 1080. The lowest BCUT2D eigenvalue weighted by molar-refractivity contribution is -0.124. The number of benzene rings is 2. The molecule has 1 heterocycles. The van der Waals surface area contributed by atoms with Gasteiger partial charge in [-0.25, -0.2) is 13.2 Å². The minimum atomic E-state index is -3.96. The minimum Gasteiger partial charge on any atom is -0.452 e. The van der Waals surface area contributed by atoms with Gasteiger partial charge >= 0.3 is 5.97 Å². The van der Waals surface area contributed by atoms with Gasteiger partial charge in [-0.05, 0) is 49.1 Å². The molecule has 0 spiro atoms. The molecule has 0 aromatic heterocycles. The maximum absolute atomic E-state index is 13.2. The van der Waals surface area contributed by atoms with Crippen LogP contribution in [0.3, 0.4) is 0 Å². The molecular formula is C20H19ClN2O5S. The Balaban J connectivity index is 1.55. The highest BCUT2D eigenvalue weighted by atomic mass is 35.5. The molecule has 1 amide bonds. The van der Waals surface area contributed by atoms with Crippen molar-refractivity contribution >= 4 is 39.2 Å². The van der Waals surface area contributed by atoms with Gasteiger partial charge in [0.2, 0.25) is 0 Å². The van der Waals surface area contributed by atoms with Crippen LogP contribution >= 0.6 is 11.6 Å². The van der Waals surface area contributed by atoms with Gasteiger partial charge in [-0.2, -0.15) is 0 Å². The summed E-state index contributed by atoms with van der Waals surface area (Å²) < 4.78 is 32.7. The summed E-state index contributed by atoms with van der Waals surface area (Å²) in [6, 6.07) is 11.3. The van der Waals surface area contributed by atoms with Crippen molar-refractivity contribution in [1.82, 2.24) is 5.32 Å². The van der Waals surface area contributed by atoms with Crippen LogP contribution in [0.1, 0.15) is 28.8 Å². The van der Waals surface area contributed by atoms with Crippen LogP contribution in [0.25, 0.3) is 0 Å². The lowest BCUT2D eigenvalue weighted by atomic mass is 10.2. The molecule has 0 unspecified atom stereocenters. The van der Waals surface area contributed by atoms with Crippen molar-refractivity contribution in [1.29, 1.82) is 0 Å². The topological polar surface area (TPSA) is 92.8 Å². The number of amides is 1. The van der Waals surface area contributed by atoms with Gasteiger partial charge in [0.05, 0.1) is 16.3 Å². The molecule has 7 nitrogen and oxygen atoms in total. The number of nitrogens with zero attached hydrogens (tertiary/aromatic N) is 1. The summed E-state index contributed by atoms with van der Waals surface area (Å²) in [6.45, 7) is -0.117. The number of carbonyl (C=O) groups is 2. The molecule has 152 valence electrons. The predicted molar refractivity (Wildman–Crippen MR) is 108 cm³/mol. The van der Waals surface area contributed by atoms with Crippen molar-refractivity contribution in [3.63, 3.8) is 0 Å². The summed E-state index contributed by atoms with van der Waals surface area (Å²) in [4.78, 5) is 23.8. The lowest BCUT2D eigenvalue weighted by Crippen LogP contribution is -2.30. The molecule has 0 bridgehead atoms. The molecule has 0 radical (unpaired) electrons. The van der Waals surface area contributed by atoms with Crippen molar-refractivity contribution in [2.75, 3.05) is 17.5 Å². The van der Waals surface area contributed by atoms with Crippen molar-refractivity contribution in [3.8, 4) is 0 Å². The smallest absolute Gasteiger partial charge is 0.338 e. The van der Waals surface area contributed by atoms with E-state index in [1.165, 1.54) is 22.5 Å². The fraction of sp³-hybridized carbons (Fsp3) is 0.300. The number of para-hydroxylation sites is 1. The normalized spacial score (nSPS) is 15.7. The number of anilines is 1. The maximum Gasteiger partial charge on any atom is 0.338 e. The van der Waals surface area contributed by atoms with Crippen LogP contribution in [-0.2, 0) is 26.0 Å². The zero-order valence-corrected chi connectivity index (χ0v) is 17.0. The number of fused-ring (bicyclic) bond motifs is 1. The molecule has 1 aliphatic carbocycles. The first-order valence-electron chi connectivity index (χ1n) is 9.23. The Morgan fingerprint density at radius 1 is 1.17 bits per heavy atom. The van der Waals surface area contributed by atoms with E-state index < -0.39 is 22.6 Å². The monoisotopic (exact) mass is 434 g/mol. The lowest BCUT2D eigenvalue weighted by Gasteiger charge is -2.20. The summed E-state index contributed by atoms with van der Waals surface area (Å²) in [5, 5.41) is 2.72. The largest absolute Gasteiger partial charge is 0.452 e. The second kappa shape index (κ2) is 7.68. The van der Waals surface area contributed by atoms with E-state index in [0.717, 1.165) is 18.4 Å². The van der Waals surface area contributed by atoms with E-state index in [2.05, 4.69) is 5.32 Å².